The molecule has 0 spiro atoms. The predicted octanol–water partition coefficient (Wildman–Crippen LogP) is 3.92. The van der Waals surface area contributed by atoms with E-state index in [1.807, 2.05) is 12.1 Å². The van der Waals surface area contributed by atoms with Gasteiger partial charge < -0.3 is 10.1 Å². The van der Waals surface area contributed by atoms with Crippen molar-refractivity contribution in [3.05, 3.63) is 94.8 Å². The molecule has 152 valence electrons. The molecule has 0 aliphatic rings. The number of rotatable bonds is 5. The van der Waals surface area contributed by atoms with E-state index in [4.69, 9.17) is 16.3 Å². The van der Waals surface area contributed by atoms with Crippen LogP contribution in [0.2, 0.25) is 5.02 Å². The molecule has 0 bridgehead atoms. The van der Waals surface area contributed by atoms with Crippen LogP contribution in [0.5, 0.6) is 0 Å². The van der Waals surface area contributed by atoms with Crippen molar-refractivity contribution in [1.82, 2.24) is 10.3 Å². The summed E-state index contributed by atoms with van der Waals surface area (Å²) in [6.45, 7) is 0.322. The number of halogens is 1. The van der Waals surface area contributed by atoms with Crippen LogP contribution in [-0.2, 0) is 11.3 Å². The number of anilines is 1. The summed E-state index contributed by atoms with van der Waals surface area (Å²) in [5.41, 5.74) is 2.30. The topological polar surface area (TPSA) is 92.7 Å². The number of aromatic nitrogens is 1. The molecule has 0 aliphatic carbocycles. The normalized spacial score (nSPS) is 10.9. The third kappa shape index (κ3) is 5.89. The molecule has 8 heteroatoms. The number of guanidine groups is 1. The summed E-state index contributed by atoms with van der Waals surface area (Å²) in [7, 11) is 1.32. The van der Waals surface area contributed by atoms with Crippen molar-refractivity contribution in [2.45, 2.75) is 6.54 Å². The SMILES string of the molecule is COC(=O)c1cccc(NC(=NCc2ccncc2)NC(=O)c2ccc(Cl)cc2)c1. The lowest BCUT2D eigenvalue weighted by atomic mass is 10.2. The molecule has 2 aromatic carbocycles. The molecule has 2 N–H and O–H groups in total. The van der Waals surface area contributed by atoms with Crippen LogP contribution in [-0.4, -0.2) is 29.9 Å². The maximum absolute atomic E-state index is 12.6. The van der Waals surface area contributed by atoms with Crippen LogP contribution in [0, 0.1) is 0 Å². The number of methoxy groups -OCH3 is 1. The van der Waals surface area contributed by atoms with Crippen LogP contribution in [0.25, 0.3) is 0 Å². The maximum atomic E-state index is 12.6. The van der Waals surface area contributed by atoms with Crippen molar-refractivity contribution >= 4 is 35.1 Å². The first-order chi connectivity index (χ1) is 14.5. The standard InChI is InChI=1S/C22H19ClN4O3/c1-30-21(29)17-3-2-4-19(13-17)26-22(25-14-15-9-11-24-12-10-15)27-20(28)16-5-7-18(23)8-6-16/h2-13H,14H2,1H3,(H2,25,26,27,28). The molecule has 7 nitrogen and oxygen atoms in total. The number of nitrogens with zero attached hydrogens (tertiary/aromatic N) is 2. The molecule has 1 aromatic heterocycles. The van der Waals surface area contributed by atoms with E-state index in [-0.39, 0.29) is 11.9 Å². The summed E-state index contributed by atoms with van der Waals surface area (Å²) < 4.78 is 4.75. The van der Waals surface area contributed by atoms with Crippen molar-refractivity contribution < 1.29 is 14.3 Å². The zero-order chi connectivity index (χ0) is 21.3. The number of esters is 1. The highest BCUT2D eigenvalue weighted by Crippen LogP contribution is 2.13. The number of amides is 1. The van der Waals surface area contributed by atoms with Crippen LogP contribution < -0.4 is 10.6 Å². The molecule has 30 heavy (non-hydrogen) atoms. The van der Waals surface area contributed by atoms with Crippen molar-refractivity contribution in [3.8, 4) is 0 Å². The van der Waals surface area contributed by atoms with Crippen LogP contribution >= 0.6 is 11.6 Å². The Kier molecular flexibility index (Phi) is 7.13. The first-order valence-corrected chi connectivity index (χ1v) is 9.38. The van der Waals surface area contributed by atoms with E-state index in [0.29, 0.717) is 28.4 Å². The van der Waals surface area contributed by atoms with Gasteiger partial charge in [-0.05, 0) is 60.2 Å². The monoisotopic (exact) mass is 422 g/mol. The fourth-order valence-electron chi connectivity index (χ4n) is 2.53. The summed E-state index contributed by atoms with van der Waals surface area (Å²) in [5.74, 6) is -0.579. The Bertz CT molecular complexity index is 1050. The van der Waals surface area contributed by atoms with Gasteiger partial charge in [0.05, 0.1) is 19.2 Å². The van der Waals surface area contributed by atoms with Gasteiger partial charge in [0.15, 0.2) is 0 Å². The fraction of sp³-hybridized carbons (Fsp3) is 0.0909. The molecule has 0 saturated carbocycles. The number of aliphatic imine (C=N–C) groups is 1. The van der Waals surface area contributed by atoms with E-state index in [2.05, 4.69) is 20.6 Å². The quantitative estimate of drug-likeness (QED) is 0.369. The van der Waals surface area contributed by atoms with Gasteiger partial charge in [-0.1, -0.05) is 17.7 Å². The summed E-state index contributed by atoms with van der Waals surface area (Å²) >= 11 is 5.89. The molecule has 0 aliphatic heterocycles. The molecule has 0 fully saturated rings. The average Bonchev–Trinajstić information content (AvgIpc) is 2.78. The predicted molar refractivity (Wildman–Crippen MR) is 116 cm³/mol. The number of hydrogen-bond acceptors (Lipinski definition) is 5. The minimum Gasteiger partial charge on any atom is -0.465 e. The van der Waals surface area contributed by atoms with Crippen LogP contribution in [0.4, 0.5) is 5.69 Å². The number of nitrogens with one attached hydrogen (secondary N) is 2. The van der Waals surface area contributed by atoms with Gasteiger partial charge in [-0.15, -0.1) is 0 Å². The van der Waals surface area contributed by atoms with Crippen LogP contribution in [0.3, 0.4) is 0 Å². The Labute approximate surface area is 178 Å². The Morgan fingerprint density at radius 3 is 2.47 bits per heavy atom. The first-order valence-electron chi connectivity index (χ1n) is 9.01. The molecular weight excluding hydrogens is 404 g/mol. The smallest absolute Gasteiger partial charge is 0.337 e. The summed E-state index contributed by atoms with van der Waals surface area (Å²) in [5, 5.41) is 6.35. The Morgan fingerprint density at radius 1 is 1.03 bits per heavy atom. The van der Waals surface area contributed by atoms with Gasteiger partial charge in [-0.2, -0.15) is 0 Å². The Balaban J connectivity index is 1.82. The van der Waals surface area contributed by atoms with E-state index in [1.54, 1.807) is 60.9 Å². The highest BCUT2D eigenvalue weighted by atomic mass is 35.5. The minimum absolute atomic E-state index is 0.230. The second-order valence-corrected chi connectivity index (χ2v) is 6.62. The number of carbonyl (C=O) groups is 2. The van der Waals surface area contributed by atoms with Gasteiger partial charge in [-0.25, -0.2) is 9.79 Å². The van der Waals surface area contributed by atoms with E-state index in [1.165, 1.54) is 7.11 Å². The summed E-state index contributed by atoms with van der Waals surface area (Å²) in [4.78, 5) is 32.9. The van der Waals surface area contributed by atoms with Gasteiger partial charge in [-0.3, -0.25) is 15.1 Å². The number of carbonyl (C=O) groups excluding carboxylic acids is 2. The third-order valence-electron chi connectivity index (χ3n) is 4.05. The largest absolute Gasteiger partial charge is 0.465 e. The second kappa shape index (κ2) is 10.2. The molecule has 0 unspecified atom stereocenters. The molecule has 1 heterocycles. The van der Waals surface area contributed by atoms with Gasteiger partial charge in [0.25, 0.3) is 5.91 Å². The molecule has 1 amide bonds. The minimum atomic E-state index is -0.459. The van der Waals surface area contributed by atoms with E-state index < -0.39 is 5.97 Å². The lowest BCUT2D eigenvalue weighted by molar-refractivity contribution is 0.0600. The second-order valence-electron chi connectivity index (χ2n) is 6.18. The van der Waals surface area contributed by atoms with Crippen molar-refractivity contribution in [2.24, 2.45) is 4.99 Å². The van der Waals surface area contributed by atoms with E-state index in [0.717, 1.165) is 5.56 Å². The molecule has 3 rings (SSSR count). The molecule has 3 aromatic rings. The fourth-order valence-corrected chi connectivity index (χ4v) is 2.65. The number of benzene rings is 2. The van der Waals surface area contributed by atoms with Gasteiger partial charge in [0.2, 0.25) is 5.96 Å². The number of pyridine rings is 1. The lowest BCUT2D eigenvalue weighted by Crippen LogP contribution is -2.36. The molecule has 0 atom stereocenters. The molecule has 0 saturated heterocycles. The summed E-state index contributed by atoms with van der Waals surface area (Å²) in [6.07, 6.45) is 3.34. The Morgan fingerprint density at radius 2 is 1.77 bits per heavy atom. The van der Waals surface area contributed by atoms with Gasteiger partial charge in [0.1, 0.15) is 0 Å². The van der Waals surface area contributed by atoms with Crippen molar-refractivity contribution in [3.63, 3.8) is 0 Å². The first kappa shape index (κ1) is 21.0. The maximum Gasteiger partial charge on any atom is 0.337 e. The van der Waals surface area contributed by atoms with Crippen LogP contribution in [0.15, 0.2) is 78.0 Å². The highest BCUT2D eigenvalue weighted by Gasteiger charge is 2.11. The van der Waals surface area contributed by atoms with Gasteiger partial charge in [0, 0.05) is 28.7 Å². The number of ether oxygens (including phenoxy) is 1. The van der Waals surface area contributed by atoms with Crippen molar-refractivity contribution in [2.75, 3.05) is 12.4 Å². The zero-order valence-electron chi connectivity index (χ0n) is 16.1. The van der Waals surface area contributed by atoms with Gasteiger partial charge >= 0.3 is 5.97 Å². The highest BCUT2D eigenvalue weighted by molar-refractivity contribution is 6.30. The molecular formula is C22H19ClN4O3. The summed E-state index contributed by atoms with van der Waals surface area (Å²) in [6, 6.07) is 16.9. The number of hydrogen-bond donors (Lipinski definition) is 2. The third-order valence-corrected chi connectivity index (χ3v) is 4.31. The average molecular weight is 423 g/mol. The van der Waals surface area contributed by atoms with Crippen molar-refractivity contribution in [1.29, 1.82) is 0 Å². The molecule has 0 radical (unpaired) electrons. The van der Waals surface area contributed by atoms with Crippen LogP contribution in [0.1, 0.15) is 26.3 Å². The Hall–Kier alpha value is -3.71. The van der Waals surface area contributed by atoms with E-state index in [9.17, 15) is 9.59 Å². The van der Waals surface area contributed by atoms with E-state index >= 15 is 0 Å². The lowest BCUT2D eigenvalue weighted by Gasteiger charge is -2.13. The zero-order valence-corrected chi connectivity index (χ0v) is 16.9.